The number of amides is 2. The molecule has 0 aromatic carbocycles. The van der Waals surface area contributed by atoms with Gasteiger partial charge in [0.1, 0.15) is 6.04 Å². The van der Waals surface area contributed by atoms with Gasteiger partial charge in [-0.1, -0.05) is 43.6 Å². The van der Waals surface area contributed by atoms with E-state index in [4.69, 9.17) is 4.74 Å². The molecule has 0 aromatic rings. The number of nitrogens with zero attached hydrogens (tertiary/aromatic N) is 2. The molecule has 0 radical (unpaired) electrons. The zero-order valence-electron chi connectivity index (χ0n) is 20.9. The average Bonchev–Trinajstić information content (AvgIpc) is 3.19. The molecule has 6 atom stereocenters. The minimum absolute atomic E-state index is 0.0461. The van der Waals surface area contributed by atoms with Gasteiger partial charge < -0.3 is 19.6 Å². The van der Waals surface area contributed by atoms with Gasteiger partial charge in [0.15, 0.2) is 0 Å². The monoisotopic (exact) mass is 502 g/mol. The predicted octanol–water partition coefficient (Wildman–Crippen LogP) is 3.07. The molecule has 3 fully saturated rings. The predicted molar refractivity (Wildman–Crippen MR) is 135 cm³/mol. The lowest BCUT2D eigenvalue weighted by Gasteiger charge is -2.41. The highest BCUT2D eigenvalue weighted by atomic mass is 32.2. The standard InChI is InChI=1S/C27H38N2O5S/c1-18(17-30)29-22-24(32)28(19-11-6-5-7-12-19)15-10-14-27(22)20(23(29)31)21-25(33)34-16-9-4-3-8-13-26(21,2)35-27/h8,10,13-14,18-22,30H,3-7,9,11-12,15-17H2,1-2H3/b13-8-/t18-,20+,21+,22?,26-,27+/m1/s1. The van der Waals surface area contributed by atoms with E-state index in [0.29, 0.717) is 13.2 Å². The number of allylic oxidation sites excluding steroid dienone is 1. The van der Waals surface area contributed by atoms with E-state index in [0.717, 1.165) is 44.9 Å². The number of aliphatic hydroxyl groups is 1. The van der Waals surface area contributed by atoms with E-state index in [1.54, 1.807) is 23.6 Å². The highest BCUT2D eigenvalue weighted by Crippen LogP contribution is 2.65. The van der Waals surface area contributed by atoms with Crippen LogP contribution in [0.2, 0.25) is 0 Å². The first-order valence-electron chi connectivity index (χ1n) is 13.3. The highest BCUT2D eigenvalue weighted by molar-refractivity contribution is 8.02. The summed E-state index contributed by atoms with van der Waals surface area (Å²) in [6.07, 6.45) is 16.3. The van der Waals surface area contributed by atoms with Gasteiger partial charge in [-0.2, -0.15) is 0 Å². The van der Waals surface area contributed by atoms with E-state index in [9.17, 15) is 19.5 Å². The van der Waals surface area contributed by atoms with E-state index in [1.807, 2.05) is 17.9 Å². The first-order valence-corrected chi connectivity index (χ1v) is 14.1. The van der Waals surface area contributed by atoms with Crippen LogP contribution < -0.4 is 0 Å². The fourth-order valence-electron chi connectivity index (χ4n) is 7.04. The van der Waals surface area contributed by atoms with Crippen molar-refractivity contribution >= 4 is 29.5 Å². The van der Waals surface area contributed by atoms with E-state index < -0.39 is 33.4 Å². The molecule has 1 spiro atoms. The number of ether oxygens (including phenoxy) is 1. The van der Waals surface area contributed by atoms with Crippen molar-refractivity contribution in [1.82, 2.24) is 9.80 Å². The van der Waals surface area contributed by atoms with Gasteiger partial charge in [-0.15, -0.1) is 11.8 Å². The van der Waals surface area contributed by atoms with Gasteiger partial charge in [0.2, 0.25) is 11.8 Å². The second kappa shape index (κ2) is 9.58. The molecule has 1 unspecified atom stereocenters. The van der Waals surface area contributed by atoms with Crippen LogP contribution in [0.1, 0.15) is 65.2 Å². The number of rotatable bonds is 3. The lowest BCUT2D eigenvalue weighted by molar-refractivity contribution is -0.154. The Morgan fingerprint density at radius 2 is 1.83 bits per heavy atom. The van der Waals surface area contributed by atoms with E-state index >= 15 is 0 Å². The maximum Gasteiger partial charge on any atom is 0.311 e. The molecule has 7 nitrogen and oxygen atoms in total. The number of aliphatic hydroxyl groups excluding tert-OH is 1. The molecule has 4 heterocycles. The van der Waals surface area contributed by atoms with Crippen molar-refractivity contribution in [3.63, 3.8) is 0 Å². The molecule has 2 saturated heterocycles. The molecule has 5 rings (SSSR count). The number of thioether (sulfide) groups is 1. The van der Waals surface area contributed by atoms with Gasteiger partial charge in [0, 0.05) is 17.3 Å². The first kappa shape index (κ1) is 24.9. The van der Waals surface area contributed by atoms with Crippen molar-refractivity contribution in [2.75, 3.05) is 19.8 Å². The summed E-state index contributed by atoms with van der Waals surface area (Å²) in [6, 6.07) is -1.09. The van der Waals surface area contributed by atoms with Crippen LogP contribution in [0.4, 0.5) is 0 Å². The molecule has 4 aliphatic heterocycles. The van der Waals surface area contributed by atoms with Crippen molar-refractivity contribution in [2.24, 2.45) is 11.8 Å². The van der Waals surface area contributed by atoms with Gasteiger partial charge >= 0.3 is 5.97 Å². The number of esters is 1. The first-order chi connectivity index (χ1) is 16.8. The minimum atomic E-state index is -0.877. The van der Waals surface area contributed by atoms with E-state index in [2.05, 4.69) is 18.2 Å². The normalized spacial score (nSPS) is 40.0. The van der Waals surface area contributed by atoms with Crippen LogP contribution >= 0.6 is 11.8 Å². The summed E-state index contributed by atoms with van der Waals surface area (Å²) >= 11 is 1.58. The Labute approximate surface area is 212 Å². The number of likely N-dealkylation sites (tertiary alicyclic amines) is 1. The fourth-order valence-corrected chi connectivity index (χ4v) is 9.18. The Hall–Kier alpha value is -1.80. The Balaban J connectivity index is 1.62. The van der Waals surface area contributed by atoms with Gasteiger partial charge in [-0.3, -0.25) is 14.4 Å². The van der Waals surface area contributed by atoms with Crippen LogP contribution in [0.15, 0.2) is 24.3 Å². The third-order valence-electron chi connectivity index (χ3n) is 8.72. The third kappa shape index (κ3) is 3.95. The average molecular weight is 503 g/mol. The molecule has 1 aliphatic carbocycles. The molecule has 0 bridgehead atoms. The maximum absolute atomic E-state index is 14.3. The van der Waals surface area contributed by atoms with Gasteiger partial charge in [0.25, 0.3) is 0 Å². The molecule has 8 heteroatoms. The molecule has 192 valence electrons. The number of hydrogen-bond donors (Lipinski definition) is 1. The number of fused-ring (bicyclic) bond motifs is 2. The summed E-state index contributed by atoms with van der Waals surface area (Å²) in [7, 11) is 0. The van der Waals surface area contributed by atoms with Crippen LogP contribution in [-0.2, 0) is 19.1 Å². The summed E-state index contributed by atoms with van der Waals surface area (Å²) in [5.41, 5.74) is 0. The summed E-state index contributed by atoms with van der Waals surface area (Å²) in [6.45, 7) is 4.44. The smallest absolute Gasteiger partial charge is 0.311 e. The number of carbonyl (C=O) groups excluding carboxylic acids is 3. The van der Waals surface area contributed by atoms with Crippen molar-refractivity contribution in [3.8, 4) is 0 Å². The summed E-state index contributed by atoms with van der Waals surface area (Å²) in [5.74, 6) is -2.02. The van der Waals surface area contributed by atoms with Gasteiger partial charge in [0.05, 0.1) is 35.8 Å². The van der Waals surface area contributed by atoms with Crippen molar-refractivity contribution in [2.45, 2.75) is 92.8 Å². The number of carbonyl (C=O) groups is 3. The van der Waals surface area contributed by atoms with Crippen LogP contribution in [0.5, 0.6) is 0 Å². The quantitative estimate of drug-likeness (QED) is 0.472. The highest BCUT2D eigenvalue weighted by Gasteiger charge is 2.74. The third-order valence-corrected chi connectivity index (χ3v) is 10.5. The largest absolute Gasteiger partial charge is 0.465 e. The maximum atomic E-state index is 14.3. The second-order valence-electron chi connectivity index (χ2n) is 11.0. The van der Waals surface area contributed by atoms with Crippen LogP contribution in [-0.4, -0.2) is 80.1 Å². The van der Waals surface area contributed by atoms with Crippen LogP contribution in [0.25, 0.3) is 0 Å². The minimum Gasteiger partial charge on any atom is -0.465 e. The zero-order valence-corrected chi connectivity index (χ0v) is 21.7. The Morgan fingerprint density at radius 3 is 2.57 bits per heavy atom. The molecule has 1 N–H and O–H groups in total. The zero-order chi connectivity index (χ0) is 24.8. The number of hydrogen-bond acceptors (Lipinski definition) is 6. The van der Waals surface area contributed by atoms with Crippen LogP contribution in [0.3, 0.4) is 0 Å². The molecule has 5 aliphatic rings. The number of cyclic esters (lactones) is 1. The SMILES string of the molecule is C[C@H](CO)N1C(=O)[C@@H]2[C@H]3C(=O)OCCCC/C=C\[C@@]3(C)S[C@@]23C=CCN(C2CCCCC2)C(=O)C13. The topological polar surface area (TPSA) is 87.2 Å². The van der Waals surface area contributed by atoms with Crippen molar-refractivity contribution in [3.05, 3.63) is 24.3 Å². The van der Waals surface area contributed by atoms with Crippen molar-refractivity contribution < 1.29 is 24.2 Å². The fraction of sp³-hybridized carbons (Fsp3) is 0.741. The van der Waals surface area contributed by atoms with Gasteiger partial charge in [-0.25, -0.2) is 0 Å². The Morgan fingerprint density at radius 1 is 1.06 bits per heavy atom. The molecular weight excluding hydrogens is 464 g/mol. The van der Waals surface area contributed by atoms with E-state index in [-0.39, 0.29) is 30.4 Å². The molecule has 1 saturated carbocycles. The summed E-state index contributed by atoms with van der Waals surface area (Å²) in [5, 5.41) is 10.1. The van der Waals surface area contributed by atoms with Crippen LogP contribution in [0, 0.1) is 11.8 Å². The lowest BCUT2D eigenvalue weighted by atomic mass is 9.74. The summed E-state index contributed by atoms with van der Waals surface area (Å²) in [4.78, 5) is 45.5. The molecule has 0 aromatic heterocycles. The summed E-state index contributed by atoms with van der Waals surface area (Å²) < 4.78 is 4.16. The second-order valence-corrected chi connectivity index (χ2v) is 12.8. The van der Waals surface area contributed by atoms with Gasteiger partial charge in [-0.05, 0) is 46.0 Å². The molecule has 2 amide bonds. The Bertz CT molecular complexity index is 931. The molecular formula is C27H38N2O5S. The van der Waals surface area contributed by atoms with Crippen molar-refractivity contribution in [1.29, 1.82) is 0 Å². The Kier molecular flexibility index (Phi) is 6.81. The van der Waals surface area contributed by atoms with E-state index in [1.165, 1.54) is 6.42 Å². The lowest BCUT2D eigenvalue weighted by Crippen LogP contribution is -2.57. The molecule has 35 heavy (non-hydrogen) atoms.